The number of aromatic carboxylic acids is 1. The van der Waals surface area contributed by atoms with Crippen LogP contribution in [0.2, 0.25) is 0 Å². The summed E-state index contributed by atoms with van der Waals surface area (Å²) in [7, 11) is -4.04. The van der Waals surface area contributed by atoms with Crippen molar-refractivity contribution in [2.24, 2.45) is 5.14 Å². The van der Waals surface area contributed by atoms with Crippen LogP contribution in [0.3, 0.4) is 0 Å². The maximum Gasteiger partial charge on any atom is 0.335 e. The number of nitrogens with two attached hydrogens (primary N) is 1. The van der Waals surface area contributed by atoms with Crippen LogP contribution in [0, 0.1) is 0 Å². The average molecular weight is 313 g/mol. The molecule has 0 atom stereocenters. The predicted molar refractivity (Wildman–Crippen MR) is 76.9 cm³/mol. The highest BCUT2D eigenvalue weighted by Crippen LogP contribution is 2.28. The molecule has 6 nitrogen and oxygen atoms in total. The molecule has 0 aromatic heterocycles. The number of carboxylic acid groups (broad SMARTS) is 1. The average Bonchev–Trinajstić information content (AvgIpc) is 2.66. The summed E-state index contributed by atoms with van der Waals surface area (Å²) in [5.41, 5.74) is -0.132. The fraction of sp³-hybridized carbons (Fsp3) is 0.500. The van der Waals surface area contributed by atoms with E-state index in [0.29, 0.717) is 0 Å². The number of rotatable bonds is 4. The van der Waals surface area contributed by atoms with E-state index in [1.807, 2.05) is 0 Å². The Morgan fingerprint density at radius 2 is 1.81 bits per heavy atom. The molecule has 1 aromatic rings. The van der Waals surface area contributed by atoms with Crippen molar-refractivity contribution >= 4 is 16.0 Å². The van der Waals surface area contributed by atoms with E-state index in [1.54, 1.807) is 0 Å². The van der Waals surface area contributed by atoms with Crippen LogP contribution in [-0.4, -0.2) is 25.6 Å². The Morgan fingerprint density at radius 3 is 2.33 bits per heavy atom. The zero-order valence-corrected chi connectivity index (χ0v) is 12.4. The number of ether oxygens (including phenoxy) is 1. The topological polar surface area (TPSA) is 107 Å². The number of sulfonamides is 1. The first-order valence-electron chi connectivity index (χ1n) is 6.95. The molecule has 0 heterocycles. The van der Waals surface area contributed by atoms with Gasteiger partial charge < -0.3 is 9.84 Å². The number of hydrogen-bond acceptors (Lipinski definition) is 4. The van der Waals surface area contributed by atoms with E-state index < -0.39 is 16.0 Å². The molecular formula is C14H19NO5S. The highest BCUT2D eigenvalue weighted by molar-refractivity contribution is 7.89. The van der Waals surface area contributed by atoms with Crippen LogP contribution in [0.25, 0.3) is 0 Å². The first-order chi connectivity index (χ1) is 9.88. The molecule has 2 rings (SSSR count). The van der Waals surface area contributed by atoms with Gasteiger partial charge in [-0.2, -0.15) is 0 Å². The number of benzene rings is 1. The molecular weight excluding hydrogens is 294 g/mol. The Bertz CT molecular complexity index is 618. The third kappa shape index (κ3) is 4.18. The lowest BCUT2D eigenvalue weighted by molar-refractivity contribution is 0.0696. The Kier molecular flexibility index (Phi) is 4.84. The van der Waals surface area contributed by atoms with E-state index in [2.05, 4.69) is 0 Å². The standard InChI is InChI=1S/C14H19NO5S/c15-21(18,19)13-9-10(14(16)17)7-8-12(13)20-11-5-3-1-2-4-6-11/h7-9,11H,1-6H2,(H,16,17)(H2,15,18,19). The van der Waals surface area contributed by atoms with Gasteiger partial charge >= 0.3 is 5.97 Å². The van der Waals surface area contributed by atoms with Crippen molar-refractivity contribution in [1.29, 1.82) is 0 Å². The molecule has 1 aromatic carbocycles. The van der Waals surface area contributed by atoms with Gasteiger partial charge in [-0.15, -0.1) is 0 Å². The fourth-order valence-electron chi connectivity index (χ4n) is 2.50. The van der Waals surface area contributed by atoms with Crippen molar-refractivity contribution in [2.75, 3.05) is 0 Å². The van der Waals surface area contributed by atoms with E-state index in [0.717, 1.165) is 44.6 Å². The molecule has 1 saturated carbocycles. The Hall–Kier alpha value is -1.60. The van der Waals surface area contributed by atoms with Gasteiger partial charge in [-0.1, -0.05) is 12.8 Å². The molecule has 3 N–H and O–H groups in total. The molecule has 0 unspecified atom stereocenters. The van der Waals surface area contributed by atoms with E-state index in [9.17, 15) is 13.2 Å². The zero-order chi connectivity index (χ0) is 15.5. The minimum absolute atomic E-state index is 0.0521. The van der Waals surface area contributed by atoms with E-state index in [4.69, 9.17) is 15.0 Å². The van der Waals surface area contributed by atoms with Gasteiger partial charge in [-0.3, -0.25) is 0 Å². The molecule has 1 fully saturated rings. The summed E-state index contributed by atoms with van der Waals surface area (Å²) < 4.78 is 29.1. The predicted octanol–water partition coefficient (Wildman–Crippen LogP) is 2.13. The van der Waals surface area contributed by atoms with Crippen molar-refractivity contribution in [3.8, 4) is 5.75 Å². The van der Waals surface area contributed by atoms with E-state index >= 15 is 0 Å². The summed E-state index contributed by atoms with van der Waals surface area (Å²) in [5, 5.41) is 14.1. The molecule has 116 valence electrons. The van der Waals surface area contributed by atoms with Crippen LogP contribution >= 0.6 is 0 Å². The lowest BCUT2D eigenvalue weighted by atomic mass is 10.1. The minimum atomic E-state index is -4.04. The second-order valence-electron chi connectivity index (χ2n) is 5.24. The summed E-state index contributed by atoms with van der Waals surface area (Å²) in [5.74, 6) is -1.07. The summed E-state index contributed by atoms with van der Waals surface area (Å²) >= 11 is 0. The number of primary sulfonamides is 1. The molecule has 0 aliphatic heterocycles. The van der Waals surface area contributed by atoms with Crippen molar-refractivity contribution in [2.45, 2.75) is 49.5 Å². The van der Waals surface area contributed by atoms with Gasteiger partial charge in [0.25, 0.3) is 0 Å². The SMILES string of the molecule is NS(=O)(=O)c1cc(C(=O)O)ccc1OC1CCCCCC1. The number of carbonyl (C=O) groups is 1. The summed E-state index contributed by atoms with van der Waals surface area (Å²) in [6, 6.07) is 3.74. The van der Waals surface area contributed by atoms with Gasteiger partial charge in [0.15, 0.2) is 0 Å². The van der Waals surface area contributed by atoms with Crippen LogP contribution in [0.4, 0.5) is 0 Å². The molecule has 1 aliphatic rings. The van der Waals surface area contributed by atoms with Crippen LogP contribution in [-0.2, 0) is 10.0 Å². The Labute approximate surface area is 124 Å². The van der Waals surface area contributed by atoms with Gasteiger partial charge in [0, 0.05) is 0 Å². The third-order valence-electron chi connectivity index (χ3n) is 3.59. The van der Waals surface area contributed by atoms with Crippen LogP contribution in [0.1, 0.15) is 48.9 Å². The largest absolute Gasteiger partial charge is 0.489 e. The quantitative estimate of drug-likeness (QED) is 0.828. The number of carboxylic acids is 1. The molecule has 0 amide bonds. The summed E-state index contributed by atoms with van der Waals surface area (Å²) in [4.78, 5) is 10.7. The van der Waals surface area contributed by atoms with Crippen LogP contribution < -0.4 is 9.88 Å². The minimum Gasteiger partial charge on any atom is -0.489 e. The van der Waals surface area contributed by atoms with Gasteiger partial charge in [0.2, 0.25) is 10.0 Å². The second-order valence-corrected chi connectivity index (χ2v) is 6.77. The lowest BCUT2D eigenvalue weighted by Crippen LogP contribution is -2.20. The summed E-state index contributed by atoms with van der Waals surface area (Å²) in [6.45, 7) is 0. The maximum absolute atomic E-state index is 11.6. The van der Waals surface area contributed by atoms with Gasteiger partial charge in [0.05, 0.1) is 11.7 Å². The first-order valence-corrected chi connectivity index (χ1v) is 8.49. The third-order valence-corrected chi connectivity index (χ3v) is 4.53. The zero-order valence-electron chi connectivity index (χ0n) is 11.6. The highest BCUT2D eigenvalue weighted by Gasteiger charge is 2.21. The molecule has 1 aliphatic carbocycles. The second kappa shape index (κ2) is 6.44. The molecule has 0 spiro atoms. The van der Waals surface area contributed by atoms with E-state index in [1.165, 1.54) is 12.1 Å². The Morgan fingerprint density at radius 1 is 1.19 bits per heavy atom. The molecule has 0 saturated heterocycles. The summed E-state index contributed by atoms with van der Waals surface area (Å²) in [6.07, 6.45) is 6.07. The fourth-order valence-corrected chi connectivity index (χ4v) is 3.19. The molecule has 21 heavy (non-hydrogen) atoms. The first kappa shape index (κ1) is 15.8. The van der Waals surface area contributed by atoms with Crippen molar-refractivity contribution in [3.05, 3.63) is 23.8 Å². The van der Waals surface area contributed by atoms with Crippen molar-refractivity contribution in [1.82, 2.24) is 0 Å². The van der Waals surface area contributed by atoms with Crippen LogP contribution in [0.5, 0.6) is 5.75 Å². The van der Waals surface area contributed by atoms with Gasteiger partial charge in [-0.05, 0) is 43.9 Å². The van der Waals surface area contributed by atoms with E-state index in [-0.39, 0.29) is 22.3 Å². The van der Waals surface area contributed by atoms with Gasteiger partial charge in [0.1, 0.15) is 10.6 Å². The molecule has 0 radical (unpaired) electrons. The monoisotopic (exact) mass is 313 g/mol. The Balaban J connectivity index is 2.31. The number of hydrogen-bond donors (Lipinski definition) is 2. The van der Waals surface area contributed by atoms with Crippen LogP contribution in [0.15, 0.2) is 23.1 Å². The normalized spacial score (nSPS) is 17.2. The lowest BCUT2D eigenvalue weighted by Gasteiger charge is -2.19. The molecule has 0 bridgehead atoms. The highest BCUT2D eigenvalue weighted by atomic mass is 32.2. The molecule has 7 heteroatoms. The van der Waals surface area contributed by atoms with Gasteiger partial charge in [-0.25, -0.2) is 18.4 Å². The smallest absolute Gasteiger partial charge is 0.335 e. The van der Waals surface area contributed by atoms with Crippen molar-refractivity contribution in [3.63, 3.8) is 0 Å². The maximum atomic E-state index is 11.6. The van der Waals surface area contributed by atoms with Crippen molar-refractivity contribution < 1.29 is 23.1 Å².